The number of hydrogen-bond donors (Lipinski definition) is 1. The summed E-state index contributed by atoms with van der Waals surface area (Å²) < 4.78 is 1.11. The third-order valence-electron chi connectivity index (χ3n) is 3.04. The molecule has 0 aliphatic heterocycles. The van der Waals surface area contributed by atoms with Crippen LogP contribution >= 0.6 is 34.2 Å². The molecule has 4 heteroatoms. The van der Waals surface area contributed by atoms with Crippen LogP contribution in [0.5, 0.6) is 0 Å². The minimum atomic E-state index is 0.212. The van der Waals surface area contributed by atoms with Crippen LogP contribution in [0.4, 0.5) is 0 Å². The maximum absolute atomic E-state index is 11.8. The molecule has 0 saturated heterocycles. The zero-order valence-electron chi connectivity index (χ0n) is 8.44. The Morgan fingerprint density at radius 2 is 2.12 bits per heavy atom. The van der Waals surface area contributed by atoms with Gasteiger partial charge in [0.05, 0.1) is 16.2 Å². The summed E-state index contributed by atoms with van der Waals surface area (Å²) in [7, 11) is 0. The van der Waals surface area contributed by atoms with Crippen LogP contribution in [0.1, 0.15) is 28.9 Å². The number of carbonyl (C=O) groups is 1. The van der Waals surface area contributed by atoms with E-state index in [2.05, 4.69) is 33.6 Å². The van der Waals surface area contributed by atoms with E-state index in [-0.39, 0.29) is 5.78 Å². The molecule has 2 nitrogen and oxygen atoms in total. The van der Waals surface area contributed by atoms with Crippen molar-refractivity contribution in [3.63, 3.8) is 0 Å². The van der Waals surface area contributed by atoms with Crippen LogP contribution in [0, 0.1) is 3.57 Å². The van der Waals surface area contributed by atoms with Gasteiger partial charge in [0.15, 0.2) is 5.78 Å². The molecule has 0 spiro atoms. The van der Waals surface area contributed by atoms with Gasteiger partial charge >= 0.3 is 0 Å². The van der Waals surface area contributed by atoms with Crippen molar-refractivity contribution in [3.05, 3.63) is 32.0 Å². The number of aryl methyl sites for hydroxylation is 1. The van der Waals surface area contributed by atoms with Crippen LogP contribution in [0.15, 0.2) is 12.1 Å². The van der Waals surface area contributed by atoms with Crippen LogP contribution < -0.4 is 0 Å². The quantitative estimate of drug-likeness (QED) is 0.721. The van der Waals surface area contributed by atoms with E-state index in [9.17, 15) is 4.79 Å². The van der Waals surface area contributed by atoms with Gasteiger partial charge in [-0.3, -0.25) is 4.79 Å². The highest BCUT2D eigenvalue weighted by Crippen LogP contribution is 2.33. The standard InChI is InChI=1S/C12H9ClINO/c13-9-5-6(14)4-8-7-2-1-3-10(16)12(7)15-11(8)9/h4-5,15H,1-3H2. The van der Waals surface area contributed by atoms with Gasteiger partial charge in [-0.05, 0) is 53.1 Å². The molecule has 0 unspecified atom stereocenters. The fourth-order valence-corrected chi connectivity index (χ4v) is 3.40. The molecule has 1 aromatic carbocycles. The second-order valence-electron chi connectivity index (χ2n) is 4.07. The molecule has 1 aromatic heterocycles. The van der Waals surface area contributed by atoms with Crippen molar-refractivity contribution in [1.29, 1.82) is 0 Å². The van der Waals surface area contributed by atoms with Crippen molar-refractivity contribution in [1.82, 2.24) is 4.98 Å². The summed E-state index contributed by atoms with van der Waals surface area (Å²) in [4.78, 5) is 15.0. The van der Waals surface area contributed by atoms with E-state index in [1.807, 2.05) is 6.07 Å². The summed E-state index contributed by atoms with van der Waals surface area (Å²) in [5.41, 5.74) is 2.82. The molecule has 16 heavy (non-hydrogen) atoms. The van der Waals surface area contributed by atoms with Crippen LogP contribution in [-0.2, 0) is 6.42 Å². The molecule has 1 N–H and O–H groups in total. The molecule has 0 bridgehead atoms. The number of H-pyrrole nitrogens is 1. The summed E-state index contributed by atoms with van der Waals surface area (Å²) >= 11 is 8.43. The van der Waals surface area contributed by atoms with Crippen molar-refractivity contribution in [2.75, 3.05) is 0 Å². The van der Waals surface area contributed by atoms with Crippen LogP contribution in [0.25, 0.3) is 10.9 Å². The van der Waals surface area contributed by atoms with Gasteiger partial charge in [0.2, 0.25) is 0 Å². The fraction of sp³-hybridized carbons (Fsp3) is 0.250. The van der Waals surface area contributed by atoms with Crippen molar-refractivity contribution in [3.8, 4) is 0 Å². The van der Waals surface area contributed by atoms with Crippen LogP contribution in [0.2, 0.25) is 5.02 Å². The van der Waals surface area contributed by atoms with Crippen molar-refractivity contribution in [2.24, 2.45) is 0 Å². The first-order valence-electron chi connectivity index (χ1n) is 5.19. The normalized spacial score (nSPS) is 15.5. The van der Waals surface area contributed by atoms with E-state index < -0.39 is 0 Å². The maximum Gasteiger partial charge on any atom is 0.179 e. The number of carbonyl (C=O) groups excluding carboxylic acids is 1. The first kappa shape index (κ1) is 10.6. The highest BCUT2D eigenvalue weighted by atomic mass is 127. The Morgan fingerprint density at radius 3 is 2.94 bits per heavy atom. The number of hydrogen-bond acceptors (Lipinski definition) is 1. The first-order chi connectivity index (χ1) is 7.66. The van der Waals surface area contributed by atoms with Crippen LogP contribution in [-0.4, -0.2) is 10.8 Å². The van der Waals surface area contributed by atoms with Crippen molar-refractivity contribution in [2.45, 2.75) is 19.3 Å². The van der Waals surface area contributed by atoms with Gasteiger partial charge in [0.25, 0.3) is 0 Å². The van der Waals surface area contributed by atoms with Crippen LogP contribution in [0.3, 0.4) is 0 Å². The molecule has 3 rings (SSSR count). The van der Waals surface area contributed by atoms with E-state index in [1.165, 1.54) is 0 Å². The Hall–Kier alpha value is -0.550. The zero-order chi connectivity index (χ0) is 11.3. The summed E-state index contributed by atoms with van der Waals surface area (Å²) in [5.74, 6) is 0.212. The molecule has 0 radical (unpaired) electrons. The highest BCUT2D eigenvalue weighted by Gasteiger charge is 2.22. The smallest absolute Gasteiger partial charge is 0.179 e. The number of fused-ring (bicyclic) bond motifs is 3. The first-order valence-corrected chi connectivity index (χ1v) is 6.65. The minimum Gasteiger partial charge on any atom is -0.351 e. The Labute approximate surface area is 112 Å². The van der Waals surface area contributed by atoms with Gasteiger partial charge in [0, 0.05) is 15.4 Å². The van der Waals surface area contributed by atoms with Gasteiger partial charge in [-0.15, -0.1) is 0 Å². The lowest BCUT2D eigenvalue weighted by molar-refractivity contribution is 0.0968. The number of ketones is 1. The summed E-state index contributed by atoms with van der Waals surface area (Å²) in [6.07, 6.45) is 2.56. The Balaban J connectivity index is 2.40. The molecule has 1 heterocycles. The van der Waals surface area contributed by atoms with E-state index in [0.717, 1.165) is 38.6 Å². The van der Waals surface area contributed by atoms with Gasteiger partial charge in [-0.2, -0.15) is 0 Å². The predicted octanol–water partition coefficient (Wildman–Crippen LogP) is 3.94. The number of aromatic nitrogens is 1. The van der Waals surface area contributed by atoms with E-state index in [0.29, 0.717) is 11.4 Å². The molecule has 1 aliphatic rings. The molecular formula is C12H9ClINO. The average Bonchev–Trinajstić information content (AvgIpc) is 2.59. The van der Waals surface area contributed by atoms with E-state index in [1.54, 1.807) is 0 Å². The third kappa shape index (κ3) is 1.49. The third-order valence-corrected chi connectivity index (χ3v) is 3.96. The Morgan fingerprint density at radius 1 is 1.31 bits per heavy atom. The molecule has 0 saturated carbocycles. The van der Waals surface area contributed by atoms with E-state index >= 15 is 0 Å². The lowest BCUT2D eigenvalue weighted by Gasteiger charge is -2.09. The molecular weight excluding hydrogens is 336 g/mol. The Bertz CT molecular complexity index is 603. The lowest BCUT2D eigenvalue weighted by atomic mass is 9.95. The molecule has 0 fully saturated rings. The minimum absolute atomic E-state index is 0.212. The number of halogens is 2. The SMILES string of the molecule is O=C1CCCc2c1[nH]c1c(Cl)cc(I)cc21. The molecule has 0 amide bonds. The number of benzene rings is 1. The number of aromatic amines is 1. The second-order valence-corrected chi connectivity index (χ2v) is 5.72. The fourth-order valence-electron chi connectivity index (χ4n) is 2.32. The zero-order valence-corrected chi connectivity index (χ0v) is 11.4. The maximum atomic E-state index is 11.8. The van der Waals surface area contributed by atoms with Gasteiger partial charge in [-0.1, -0.05) is 11.6 Å². The average molecular weight is 346 g/mol. The van der Waals surface area contributed by atoms with Gasteiger partial charge in [-0.25, -0.2) is 0 Å². The van der Waals surface area contributed by atoms with Crippen molar-refractivity contribution >= 4 is 50.9 Å². The van der Waals surface area contributed by atoms with Gasteiger partial charge in [0.1, 0.15) is 0 Å². The molecule has 82 valence electrons. The Kier molecular flexibility index (Phi) is 2.47. The second kappa shape index (κ2) is 3.74. The van der Waals surface area contributed by atoms with E-state index in [4.69, 9.17) is 11.6 Å². The largest absolute Gasteiger partial charge is 0.351 e. The predicted molar refractivity (Wildman–Crippen MR) is 73.3 cm³/mol. The lowest BCUT2D eigenvalue weighted by Crippen LogP contribution is -2.09. The number of Topliss-reactive ketones (excluding diaryl/α,β-unsaturated/α-hetero) is 1. The summed E-state index contributed by atoms with van der Waals surface area (Å²) in [6, 6.07) is 4.01. The molecule has 2 aromatic rings. The number of nitrogens with one attached hydrogen (secondary N) is 1. The van der Waals surface area contributed by atoms with Gasteiger partial charge < -0.3 is 4.98 Å². The van der Waals surface area contributed by atoms with Crippen molar-refractivity contribution < 1.29 is 4.79 Å². The monoisotopic (exact) mass is 345 g/mol. The molecule has 0 atom stereocenters. The topological polar surface area (TPSA) is 32.9 Å². The summed E-state index contributed by atoms with van der Waals surface area (Å²) in [6.45, 7) is 0. The highest BCUT2D eigenvalue weighted by molar-refractivity contribution is 14.1. The summed E-state index contributed by atoms with van der Waals surface area (Å²) in [5, 5.41) is 1.81. The molecule has 1 aliphatic carbocycles. The number of rotatable bonds is 0.